The largest absolute Gasteiger partial charge is 0.385 e. The first-order valence-corrected chi connectivity index (χ1v) is 8.64. The summed E-state index contributed by atoms with van der Waals surface area (Å²) in [6.45, 7) is 5.70. The van der Waals surface area contributed by atoms with Crippen LogP contribution in [0.2, 0.25) is 0 Å². The van der Waals surface area contributed by atoms with E-state index >= 15 is 0 Å². The average Bonchev–Trinajstić information content (AvgIpc) is 3.15. The van der Waals surface area contributed by atoms with E-state index in [4.69, 9.17) is 0 Å². The molecule has 1 fully saturated rings. The van der Waals surface area contributed by atoms with Gasteiger partial charge in [-0.15, -0.1) is 0 Å². The van der Waals surface area contributed by atoms with E-state index in [9.17, 15) is 9.90 Å². The van der Waals surface area contributed by atoms with Gasteiger partial charge in [-0.1, -0.05) is 0 Å². The molecular formula is C17H26N6O2. The molecule has 1 amide bonds. The van der Waals surface area contributed by atoms with Crippen LogP contribution < -0.4 is 5.32 Å². The number of carbonyl (C=O) groups excluding carboxylic acids is 1. The van der Waals surface area contributed by atoms with Crippen molar-refractivity contribution in [2.24, 2.45) is 13.0 Å². The Morgan fingerprint density at radius 1 is 1.44 bits per heavy atom. The number of likely N-dealkylation sites (tertiary alicyclic amines) is 1. The Kier molecular flexibility index (Phi) is 5.19. The monoisotopic (exact) mass is 346 g/mol. The van der Waals surface area contributed by atoms with E-state index in [1.807, 2.05) is 31.7 Å². The fraction of sp³-hybridized carbons (Fsp3) is 0.588. The lowest BCUT2D eigenvalue weighted by molar-refractivity contribution is -0.117. The SMILES string of the molecule is Cc1n[nH]c(C)c1NC(=O)CN1CCC(C(O)c2nccn2C)CC1. The molecule has 0 aromatic carbocycles. The maximum Gasteiger partial charge on any atom is 0.238 e. The van der Waals surface area contributed by atoms with E-state index in [0.717, 1.165) is 43.0 Å². The third-order valence-electron chi connectivity index (χ3n) is 4.96. The second kappa shape index (κ2) is 7.37. The van der Waals surface area contributed by atoms with Gasteiger partial charge in [0.1, 0.15) is 11.9 Å². The van der Waals surface area contributed by atoms with Gasteiger partial charge in [0.25, 0.3) is 0 Å². The number of aliphatic hydroxyl groups excluding tert-OH is 1. The van der Waals surface area contributed by atoms with Crippen molar-refractivity contribution in [2.75, 3.05) is 25.0 Å². The first kappa shape index (κ1) is 17.6. The quantitative estimate of drug-likeness (QED) is 0.754. The van der Waals surface area contributed by atoms with E-state index in [-0.39, 0.29) is 11.8 Å². The molecule has 3 N–H and O–H groups in total. The number of aromatic nitrogens is 4. The number of rotatable bonds is 5. The van der Waals surface area contributed by atoms with Gasteiger partial charge in [-0.25, -0.2) is 4.98 Å². The smallest absolute Gasteiger partial charge is 0.238 e. The molecule has 8 heteroatoms. The zero-order valence-electron chi connectivity index (χ0n) is 15.0. The van der Waals surface area contributed by atoms with E-state index in [1.165, 1.54) is 0 Å². The molecule has 25 heavy (non-hydrogen) atoms. The minimum absolute atomic E-state index is 0.0318. The summed E-state index contributed by atoms with van der Waals surface area (Å²) >= 11 is 0. The number of nitrogens with zero attached hydrogens (tertiary/aromatic N) is 4. The number of carbonyl (C=O) groups is 1. The molecule has 3 rings (SSSR count). The summed E-state index contributed by atoms with van der Waals surface area (Å²) in [6, 6.07) is 0. The Morgan fingerprint density at radius 3 is 2.72 bits per heavy atom. The van der Waals surface area contributed by atoms with Crippen LogP contribution in [0.15, 0.2) is 12.4 Å². The van der Waals surface area contributed by atoms with Crippen LogP contribution in [0, 0.1) is 19.8 Å². The molecule has 136 valence electrons. The highest BCUT2D eigenvalue weighted by molar-refractivity contribution is 5.93. The Bertz CT molecular complexity index is 710. The number of aryl methyl sites for hydroxylation is 3. The summed E-state index contributed by atoms with van der Waals surface area (Å²) in [6.07, 6.45) is 4.71. The topological polar surface area (TPSA) is 99.1 Å². The molecule has 0 radical (unpaired) electrons. The molecule has 0 bridgehead atoms. The van der Waals surface area contributed by atoms with Crippen molar-refractivity contribution in [1.29, 1.82) is 0 Å². The maximum absolute atomic E-state index is 12.3. The van der Waals surface area contributed by atoms with Gasteiger partial charge >= 0.3 is 0 Å². The van der Waals surface area contributed by atoms with Gasteiger partial charge in [0.15, 0.2) is 0 Å². The number of aliphatic hydroxyl groups is 1. The van der Waals surface area contributed by atoms with Crippen LogP contribution in [0.4, 0.5) is 5.69 Å². The Morgan fingerprint density at radius 2 is 2.16 bits per heavy atom. The number of anilines is 1. The van der Waals surface area contributed by atoms with Crippen molar-refractivity contribution < 1.29 is 9.90 Å². The van der Waals surface area contributed by atoms with Crippen molar-refractivity contribution in [3.05, 3.63) is 29.6 Å². The summed E-state index contributed by atoms with van der Waals surface area (Å²) in [5.74, 6) is 0.858. The molecule has 1 atom stereocenters. The third kappa shape index (κ3) is 3.91. The van der Waals surface area contributed by atoms with Gasteiger partial charge < -0.3 is 15.0 Å². The fourth-order valence-electron chi connectivity index (χ4n) is 3.42. The zero-order valence-corrected chi connectivity index (χ0v) is 15.0. The van der Waals surface area contributed by atoms with Crippen molar-refractivity contribution in [2.45, 2.75) is 32.8 Å². The molecule has 1 aliphatic rings. The molecule has 0 spiro atoms. The molecule has 8 nitrogen and oxygen atoms in total. The third-order valence-corrected chi connectivity index (χ3v) is 4.96. The number of aromatic amines is 1. The normalized spacial score (nSPS) is 17.6. The number of hydrogen-bond acceptors (Lipinski definition) is 5. The lowest BCUT2D eigenvalue weighted by Crippen LogP contribution is -2.40. The highest BCUT2D eigenvalue weighted by atomic mass is 16.3. The molecule has 0 saturated carbocycles. The number of hydrogen-bond donors (Lipinski definition) is 3. The van der Waals surface area contributed by atoms with E-state index in [2.05, 4.69) is 25.4 Å². The maximum atomic E-state index is 12.3. The van der Waals surface area contributed by atoms with Crippen LogP contribution in [0.25, 0.3) is 0 Å². The van der Waals surface area contributed by atoms with E-state index in [1.54, 1.807) is 6.20 Å². The molecule has 3 heterocycles. The lowest BCUT2D eigenvalue weighted by Gasteiger charge is -2.33. The summed E-state index contributed by atoms with van der Waals surface area (Å²) in [7, 11) is 1.89. The van der Waals surface area contributed by atoms with Gasteiger partial charge in [0, 0.05) is 19.4 Å². The minimum Gasteiger partial charge on any atom is -0.385 e. The molecule has 0 aliphatic carbocycles. The second-order valence-corrected chi connectivity index (χ2v) is 6.81. The number of nitrogens with one attached hydrogen (secondary N) is 2. The predicted octanol–water partition coefficient (Wildman–Crippen LogP) is 1.14. The zero-order chi connectivity index (χ0) is 18.0. The number of H-pyrrole nitrogens is 1. The molecular weight excluding hydrogens is 320 g/mol. The predicted molar refractivity (Wildman–Crippen MR) is 94.0 cm³/mol. The van der Waals surface area contributed by atoms with Crippen molar-refractivity contribution in [3.63, 3.8) is 0 Å². The molecule has 1 aliphatic heterocycles. The van der Waals surface area contributed by atoms with Gasteiger partial charge in [0.05, 0.1) is 23.6 Å². The number of piperidine rings is 1. The molecule has 1 unspecified atom stereocenters. The summed E-state index contributed by atoms with van der Waals surface area (Å²) < 4.78 is 1.86. The van der Waals surface area contributed by atoms with Gasteiger partial charge in [-0.05, 0) is 45.7 Å². The Labute approximate surface area is 147 Å². The van der Waals surface area contributed by atoms with Crippen molar-refractivity contribution in [1.82, 2.24) is 24.6 Å². The Balaban J connectivity index is 1.49. The van der Waals surface area contributed by atoms with Crippen molar-refractivity contribution in [3.8, 4) is 0 Å². The first-order valence-electron chi connectivity index (χ1n) is 8.64. The summed E-state index contributed by atoms with van der Waals surface area (Å²) in [5, 5.41) is 20.4. The van der Waals surface area contributed by atoms with Gasteiger partial charge in [0.2, 0.25) is 5.91 Å². The number of imidazole rings is 1. The van der Waals surface area contributed by atoms with E-state index < -0.39 is 6.10 Å². The standard InChI is InChI=1S/C17H26N6O2/c1-11-15(12(2)21-20-11)19-14(24)10-23-7-4-13(5-8-23)16(25)17-18-6-9-22(17)3/h6,9,13,16,25H,4-5,7-8,10H2,1-3H3,(H,19,24)(H,20,21). The molecule has 2 aromatic heterocycles. The average molecular weight is 346 g/mol. The minimum atomic E-state index is -0.549. The van der Waals surface area contributed by atoms with Gasteiger partial charge in [-0.2, -0.15) is 5.10 Å². The molecule has 1 saturated heterocycles. The van der Waals surface area contributed by atoms with Crippen molar-refractivity contribution >= 4 is 11.6 Å². The second-order valence-electron chi connectivity index (χ2n) is 6.81. The van der Waals surface area contributed by atoms with Crippen LogP contribution in [-0.2, 0) is 11.8 Å². The Hall–Kier alpha value is -2.19. The van der Waals surface area contributed by atoms with Crippen LogP contribution >= 0.6 is 0 Å². The first-order chi connectivity index (χ1) is 12.0. The summed E-state index contributed by atoms with van der Waals surface area (Å²) in [4.78, 5) is 18.6. The van der Waals surface area contributed by atoms with Crippen LogP contribution in [0.5, 0.6) is 0 Å². The molecule has 2 aromatic rings. The summed E-state index contributed by atoms with van der Waals surface area (Å²) in [5.41, 5.74) is 2.43. The highest BCUT2D eigenvalue weighted by Crippen LogP contribution is 2.29. The van der Waals surface area contributed by atoms with E-state index in [0.29, 0.717) is 12.4 Å². The number of amides is 1. The van der Waals surface area contributed by atoms with Crippen LogP contribution in [0.3, 0.4) is 0 Å². The van der Waals surface area contributed by atoms with Crippen LogP contribution in [0.1, 0.15) is 36.2 Å². The van der Waals surface area contributed by atoms with Gasteiger partial charge in [-0.3, -0.25) is 14.8 Å². The fourth-order valence-corrected chi connectivity index (χ4v) is 3.42. The highest BCUT2D eigenvalue weighted by Gasteiger charge is 2.29. The lowest BCUT2D eigenvalue weighted by atomic mass is 9.90. The van der Waals surface area contributed by atoms with Crippen LogP contribution in [-0.4, -0.2) is 55.3 Å².